The first-order valence-corrected chi connectivity index (χ1v) is 8.39. The number of benzene rings is 1. The number of carbonyl (C=O) groups excluding carboxylic acids is 2. The van der Waals surface area contributed by atoms with Crippen LogP contribution in [-0.4, -0.2) is 60.5 Å². The summed E-state index contributed by atoms with van der Waals surface area (Å²) in [4.78, 5) is 35.3. The van der Waals surface area contributed by atoms with E-state index in [1.807, 2.05) is 4.90 Å². The Morgan fingerprint density at radius 2 is 1.92 bits per heavy atom. The van der Waals surface area contributed by atoms with Crippen molar-refractivity contribution < 1.29 is 14.3 Å². The lowest BCUT2D eigenvalue weighted by atomic mass is 10.2. The molecule has 9 heteroatoms. The highest BCUT2D eigenvalue weighted by atomic mass is 35.5. The van der Waals surface area contributed by atoms with Crippen LogP contribution in [0.1, 0.15) is 10.4 Å². The summed E-state index contributed by atoms with van der Waals surface area (Å²) in [6.07, 6.45) is 3.81. The van der Waals surface area contributed by atoms with Gasteiger partial charge in [-0.15, -0.1) is 0 Å². The normalized spacial score (nSPS) is 14.1. The van der Waals surface area contributed by atoms with Gasteiger partial charge in [-0.2, -0.15) is 0 Å². The maximum Gasteiger partial charge on any atom is 0.258 e. The predicted molar refractivity (Wildman–Crippen MR) is 97.8 cm³/mol. The highest BCUT2D eigenvalue weighted by Crippen LogP contribution is 2.27. The summed E-state index contributed by atoms with van der Waals surface area (Å²) in [6.45, 7) is 2.59. The van der Waals surface area contributed by atoms with Gasteiger partial charge in [-0.25, -0.2) is 9.97 Å². The fourth-order valence-corrected chi connectivity index (χ4v) is 2.83. The van der Waals surface area contributed by atoms with Gasteiger partial charge in [-0.1, -0.05) is 11.6 Å². The van der Waals surface area contributed by atoms with E-state index < -0.39 is 0 Å². The van der Waals surface area contributed by atoms with Crippen molar-refractivity contribution in [2.75, 3.05) is 43.5 Å². The Bertz CT molecular complexity index is 791. The Kier molecular flexibility index (Phi) is 5.52. The molecule has 26 heavy (non-hydrogen) atoms. The molecule has 0 radical (unpaired) electrons. The molecule has 8 nitrogen and oxygen atoms in total. The molecule has 1 saturated heterocycles. The molecule has 1 aliphatic heterocycles. The lowest BCUT2D eigenvalue weighted by Crippen LogP contribution is -2.46. The molecule has 1 aromatic carbocycles. The van der Waals surface area contributed by atoms with Gasteiger partial charge >= 0.3 is 0 Å². The van der Waals surface area contributed by atoms with Crippen LogP contribution in [0.3, 0.4) is 0 Å². The Morgan fingerprint density at radius 3 is 2.50 bits per heavy atom. The quantitative estimate of drug-likeness (QED) is 0.800. The molecule has 0 atom stereocenters. The Morgan fingerprint density at radius 1 is 1.23 bits per heavy atom. The molecular weight excluding hydrogens is 358 g/mol. The Hall–Kier alpha value is -2.87. The van der Waals surface area contributed by atoms with Crippen molar-refractivity contribution in [1.82, 2.24) is 14.9 Å². The van der Waals surface area contributed by atoms with E-state index in [0.717, 1.165) is 6.41 Å². The molecule has 0 aliphatic carbocycles. The number of amides is 2. The third-order valence-corrected chi connectivity index (χ3v) is 4.35. The summed E-state index contributed by atoms with van der Waals surface area (Å²) in [5.74, 6) is 0.746. The molecule has 136 valence electrons. The standard InChI is InChI=1S/C17H18ClN5O3/c1-26-15-3-2-13(8-14(15)18)21-16(25)12-9-19-17(20-10-12)23-6-4-22(11-24)5-7-23/h2-3,8-11H,4-7H2,1H3,(H,21,25). The minimum atomic E-state index is -0.330. The number of anilines is 2. The summed E-state index contributed by atoms with van der Waals surface area (Å²) in [5, 5.41) is 3.15. The first-order chi connectivity index (χ1) is 12.6. The predicted octanol–water partition coefficient (Wildman–Crippen LogP) is 1.67. The van der Waals surface area contributed by atoms with Crippen LogP contribution in [0.4, 0.5) is 11.6 Å². The van der Waals surface area contributed by atoms with E-state index in [-0.39, 0.29) is 5.91 Å². The fourth-order valence-electron chi connectivity index (χ4n) is 2.58. The smallest absolute Gasteiger partial charge is 0.258 e. The molecule has 0 saturated carbocycles. The fraction of sp³-hybridized carbons (Fsp3) is 0.294. The molecular formula is C17H18ClN5O3. The maximum absolute atomic E-state index is 12.3. The zero-order chi connectivity index (χ0) is 18.5. The van der Waals surface area contributed by atoms with Crippen molar-refractivity contribution in [2.45, 2.75) is 0 Å². The van der Waals surface area contributed by atoms with E-state index in [2.05, 4.69) is 15.3 Å². The summed E-state index contributed by atoms with van der Waals surface area (Å²) in [5.41, 5.74) is 0.891. The molecule has 0 bridgehead atoms. The molecule has 3 rings (SSSR count). The van der Waals surface area contributed by atoms with Crippen LogP contribution in [0, 0.1) is 0 Å². The van der Waals surface area contributed by atoms with E-state index in [1.165, 1.54) is 19.5 Å². The van der Waals surface area contributed by atoms with E-state index in [1.54, 1.807) is 23.1 Å². The monoisotopic (exact) mass is 375 g/mol. The summed E-state index contributed by atoms with van der Waals surface area (Å²) < 4.78 is 5.08. The van der Waals surface area contributed by atoms with Gasteiger partial charge in [-0.3, -0.25) is 9.59 Å². The van der Waals surface area contributed by atoms with Crippen LogP contribution in [-0.2, 0) is 4.79 Å². The molecule has 0 spiro atoms. The van der Waals surface area contributed by atoms with Crippen molar-refractivity contribution in [3.05, 3.63) is 41.2 Å². The third-order valence-electron chi connectivity index (χ3n) is 4.06. The summed E-state index contributed by atoms with van der Waals surface area (Å²) in [6, 6.07) is 4.99. The number of nitrogens with one attached hydrogen (secondary N) is 1. The van der Waals surface area contributed by atoms with Crippen molar-refractivity contribution in [1.29, 1.82) is 0 Å². The average Bonchev–Trinajstić information content (AvgIpc) is 2.68. The van der Waals surface area contributed by atoms with Gasteiger partial charge in [0.15, 0.2) is 0 Å². The van der Waals surface area contributed by atoms with E-state index in [4.69, 9.17) is 16.3 Å². The molecule has 1 fully saturated rings. The Labute approximate surface area is 155 Å². The third kappa shape index (κ3) is 4.02. The van der Waals surface area contributed by atoms with Gasteiger partial charge in [-0.05, 0) is 18.2 Å². The number of halogens is 1. The van der Waals surface area contributed by atoms with Crippen molar-refractivity contribution in [3.8, 4) is 5.75 Å². The van der Waals surface area contributed by atoms with Crippen molar-refractivity contribution >= 4 is 35.6 Å². The number of methoxy groups -OCH3 is 1. The van der Waals surface area contributed by atoms with Gasteiger partial charge in [0.1, 0.15) is 5.75 Å². The molecule has 2 aromatic rings. The number of rotatable bonds is 5. The van der Waals surface area contributed by atoms with Crippen LogP contribution < -0.4 is 15.0 Å². The molecule has 1 N–H and O–H groups in total. The average molecular weight is 376 g/mol. The Balaban J connectivity index is 1.64. The number of aromatic nitrogens is 2. The van der Waals surface area contributed by atoms with Crippen molar-refractivity contribution in [3.63, 3.8) is 0 Å². The number of hydrogen-bond donors (Lipinski definition) is 1. The molecule has 0 unspecified atom stereocenters. The van der Waals surface area contributed by atoms with Gasteiger partial charge in [0.05, 0.1) is 17.7 Å². The maximum atomic E-state index is 12.3. The van der Waals surface area contributed by atoms with Gasteiger partial charge < -0.3 is 19.9 Å². The highest BCUT2D eigenvalue weighted by Gasteiger charge is 2.18. The minimum absolute atomic E-state index is 0.330. The molecule has 1 aliphatic rings. The SMILES string of the molecule is COc1ccc(NC(=O)c2cnc(N3CCN(C=O)CC3)nc2)cc1Cl. The zero-order valence-electron chi connectivity index (χ0n) is 14.2. The number of ether oxygens (including phenoxy) is 1. The van der Waals surface area contributed by atoms with Crippen LogP contribution in [0.25, 0.3) is 0 Å². The van der Waals surface area contributed by atoms with Gasteiger partial charge in [0.2, 0.25) is 12.4 Å². The van der Waals surface area contributed by atoms with Gasteiger partial charge in [0.25, 0.3) is 5.91 Å². The molecule has 2 heterocycles. The second-order valence-corrected chi connectivity index (χ2v) is 6.11. The minimum Gasteiger partial charge on any atom is -0.495 e. The molecule has 2 amide bonds. The largest absolute Gasteiger partial charge is 0.495 e. The number of piperazine rings is 1. The second kappa shape index (κ2) is 8.01. The summed E-state index contributed by atoms with van der Waals surface area (Å²) >= 11 is 6.05. The number of hydrogen-bond acceptors (Lipinski definition) is 6. The summed E-state index contributed by atoms with van der Waals surface area (Å²) in [7, 11) is 1.52. The van der Waals surface area contributed by atoms with Crippen LogP contribution >= 0.6 is 11.6 Å². The van der Waals surface area contributed by atoms with E-state index >= 15 is 0 Å². The lowest BCUT2D eigenvalue weighted by Gasteiger charge is -2.32. The first-order valence-electron chi connectivity index (χ1n) is 8.02. The lowest BCUT2D eigenvalue weighted by molar-refractivity contribution is -0.118. The van der Waals surface area contributed by atoms with E-state index in [9.17, 15) is 9.59 Å². The second-order valence-electron chi connectivity index (χ2n) is 5.70. The highest BCUT2D eigenvalue weighted by molar-refractivity contribution is 6.32. The van der Waals surface area contributed by atoms with E-state index in [0.29, 0.717) is 54.2 Å². The number of nitrogens with zero attached hydrogens (tertiary/aromatic N) is 4. The van der Waals surface area contributed by atoms with Crippen LogP contribution in [0.15, 0.2) is 30.6 Å². The number of carbonyl (C=O) groups is 2. The van der Waals surface area contributed by atoms with Crippen LogP contribution in [0.5, 0.6) is 5.75 Å². The van der Waals surface area contributed by atoms with Gasteiger partial charge in [0, 0.05) is 44.3 Å². The zero-order valence-corrected chi connectivity index (χ0v) is 14.9. The molecule has 1 aromatic heterocycles. The van der Waals surface area contributed by atoms with Crippen molar-refractivity contribution in [2.24, 2.45) is 0 Å². The van der Waals surface area contributed by atoms with Crippen LogP contribution in [0.2, 0.25) is 5.02 Å². The topological polar surface area (TPSA) is 87.7 Å². The first kappa shape index (κ1) is 17.9.